The number of aromatic nitrogens is 2. The number of aliphatic hydroxyl groups excluding tert-OH is 1. The van der Waals surface area contributed by atoms with Crippen molar-refractivity contribution >= 4 is 0 Å². The number of nitrogens with zero attached hydrogens (tertiary/aromatic N) is 2. The summed E-state index contributed by atoms with van der Waals surface area (Å²) in [4.78, 5) is 0. The lowest BCUT2D eigenvalue weighted by Gasteiger charge is -2.14. The molecule has 0 aliphatic heterocycles. The number of aryl methyl sites for hydroxylation is 4. The summed E-state index contributed by atoms with van der Waals surface area (Å²) in [5.41, 5.74) is 5.71. The smallest absolute Gasteiger partial charge is 0.0986 e. The predicted octanol–water partition coefficient (Wildman–Crippen LogP) is 3.36. The van der Waals surface area contributed by atoms with Gasteiger partial charge in [0, 0.05) is 5.69 Å². The molecule has 1 aromatic carbocycles. The average Bonchev–Trinajstić information content (AvgIpc) is 2.84. The highest BCUT2D eigenvalue weighted by atomic mass is 16.3. The van der Waals surface area contributed by atoms with E-state index >= 15 is 0 Å². The van der Waals surface area contributed by atoms with E-state index < -0.39 is 6.10 Å². The average molecular weight is 272 g/mol. The fourth-order valence-electron chi connectivity index (χ4n) is 2.37. The Morgan fingerprint density at radius 2 is 1.85 bits per heavy atom. The van der Waals surface area contributed by atoms with Gasteiger partial charge < -0.3 is 5.11 Å². The lowest BCUT2D eigenvalue weighted by atomic mass is 10.0. The first-order valence-corrected chi connectivity index (χ1v) is 7.36. The van der Waals surface area contributed by atoms with Crippen LogP contribution in [0.15, 0.2) is 24.3 Å². The SMILES string of the molecule is CCc1cc(CC)n(CC(O)c2ccc(C)c(C)c2)n1. The zero-order valence-electron chi connectivity index (χ0n) is 12.8. The molecule has 0 spiro atoms. The Balaban J connectivity index is 2.20. The van der Waals surface area contributed by atoms with E-state index in [4.69, 9.17) is 0 Å². The van der Waals surface area contributed by atoms with Crippen LogP contribution in [0.5, 0.6) is 0 Å². The minimum absolute atomic E-state index is 0.510. The summed E-state index contributed by atoms with van der Waals surface area (Å²) in [6, 6.07) is 8.26. The van der Waals surface area contributed by atoms with Crippen LogP contribution in [0.25, 0.3) is 0 Å². The highest BCUT2D eigenvalue weighted by Crippen LogP contribution is 2.19. The van der Waals surface area contributed by atoms with E-state index in [0.29, 0.717) is 6.54 Å². The zero-order chi connectivity index (χ0) is 14.7. The molecule has 1 unspecified atom stereocenters. The Hall–Kier alpha value is -1.61. The Morgan fingerprint density at radius 3 is 2.45 bits per heavy atom. The Morgan fingerprint density at radius 1 is 1.10 bits per heavy atom. The van der Waals surface area contributed by atoms with Crippen LogP contribution in [0.3, 0.4) is 0 Å². The largest absolute Gasteiger partial charge is 0.386 e. The van der Waals surface area contributed by atoms with Gasteiger partial charge in [-0.3, -0.25) is 4.68 Å². The molecule has 1 heterocycles. The zero-order valence-corrected chi connectivity index (χ0v) is 12.8. The number of hydrogen-bond acceptors (Lipinski definition) is 2. The van der Waals surface area contributed by atoms with E-state index in [9.17, 15) is 5.11 Å². The number of aliphatic hydroxyl groups is 1. The van der Waals surface area contributed by atoms with Crippen LogP contribution in [0.4, 0.5) is 0 Å². The molecule has 1 aromatic heterocycles. The molecule has 1 N–H and O–H groups in total. The fourth-order valence-corrected chi connectivity index (χ4v) is 2.37. The van der Waals surface area contributed by atoms with Crippen molar-refractivity contribution < 1.29 is 5.11 Å². The molecule has 0 radical (unpaired) electrons. The van der Waals surface area contributed by atoms with Crippen molar-refractivity contribution in [2.75, 3.05) is 0 Å². The van der Waals surface area contributed by atoms with E-state index in [0.717, 1.165) is 24.1 Å². The molecule has 2 aromatic rings. The van der Waals surface area contributed by atoms with Crippen molar-refractivity contribution in [3.05, 3.63) is 52.3 Å². The third kappa shape index (κ3) is 3.10. The second-order valence-corrected chi connectivity index (χ2v) is 5.38. The summed E-state index contributed by atoms with van der Waals surface area (Å²) in [7, 11) is 0. The summed E-state index contributed by atoms with van der Waals surface area (Å²) < 4.78 is 1.94. The van der Waals surface area contributed by atoms with Crippen LogP contribution in [-0.2, 0) is 19.4 Å². The lowest BCUT2D eigenvalue weighted by molar-refractivity contribution is 0.150. The molecule has 3 nitrogen and oxygen atoms in total. The first-order valence-electron chi connectivity index (χ1n) is 7.36. The summed E-state index contributed by atoms with van der Waals surface area (Å²) in [5.74, 6) is 0. The van der Waals surface area contributed by atoms with Crippen LogP contribution < -0.4 is 0 Å². The summed E-state index contributed by atoms with van der Waals surface area (Å²) in [6.45, 7) is 8.90. The molecule has 0 aliphatic carbocycles. The van der Waals surface area contributed by atoms with E-state index in [1.807, 2.05) is 10.7 Å². The predicted molar refractivity (Wildman–Crippen MR) is 81.9 cm³/mol. The fraction of sp³-hybridized carbons (Fsp3) is 0.471. The van der Waals surface area contributed by atoms with E-state index in [1.165, 1.54) is 16.8 Å². The molecule has 1 atom stereocenters. The van der Waals surface area contributed by atoms with Crippen LogP contribution in [-0.4, -0.2) is 14.9 Å². The number of benzene rings is 1. The number of rotatable bonds is 5. The minimum Gasteiger partial charge on any atom is -0.386 e. The maximum absolute atomic E-state index is 10.4. The topological polar surface area (TPSA) is 38.0 Å². The van der Waals surface area contributed by atoms with E-state index in [1.54, 1.807) is 0 Å². The monoisotopic (exact) mass is 272 g/mol. The van der Waals surface area contributed by atoms with Gasteiger partial charge in [-0.25, -0.2) is 0 Å². The molecule has 0 amide bonds. The molecule has 2 rings (SSSR count). The minimum atomic E-state index is -0.510. The first-order chi connectivity index (χ1) is 9.55. The second-order valence-electron chi connectivity index (χ2n) is 5.38. The van der Waals surface area contributed by atoms with Crippen molar-refractivity contribution in [1.82, 2.24) is 9.78 Å². The van der Waals surface area contributed by atoms with Crippen molar-refractivity contribution in [2.45, 2.75) is 53.2 Å². The lowest BCUT2D eigenvalue weighted by Crippen LogP contribution is -2.12. The molecule has 0 bridgehead atoms. The molecule has 0 fully saturated rings. The van der Waals surface area contributed by atoms with Gasteiger partial charge in [0.15, 0.2) is 0 Å². The van der Waals surface area contributed by atoms with Crippen LogP contribution in [0, 0.1) is 13.8 Å². The molecule has 108 valence electrons. The van der Waals surface area contributed by atoms with Crippen LogP contribution >= 0.6 is 0 Å². The third-order valence-corrected chi connectivity index (χ3v) is 3.90. The van der Waals surface area contributed by atoms with Gasteiger partial charge >= 0.3 is 0 Å². The van der Waals surface area contributed by atoms with Crippen molar-refractivity contribution in [3.63, 3.8) is 0 Å². The van der Waals surface area contributed by atoms with Gasteiger partial charge in [0.05, 0.1) is 18.3 Å². The van der Waals surface area contributed by atoms with Crippen LogP contribution in [0.2, 0.25) is 0 Å². The normalized spacial score (nSPS) is 12.7. The van der Waals surface area contributed by atoms with E-state index in [-0.39, 0.29) is 0 Å². The molecule has 0 saturated heterocycles. The maximum Gasteiger partial charge on any atom is 0.0986 e. The standard InChI is InChI=1S/C17H24N2O/c1-5-15-10-16(6-2)19(18-15)11-17(20)14-8-7-12(3)13(4)9-14/h7-10,17,20H,5-6,11H2,1-4H3. The van der Waals surface area contributed by atoms with Gasteiger partial charge in [0.1, 0.15) is 0 Å². The highest BCUT2D eigenvalue weighted by molar-refractivity contribution is 5.31. The Bertz CT molecular complexity index is 587. The Labute approximate surface area is 121 Å². The van der Waals surface area contributed by atoms with Gasteiger partial charge in [-0.15, -0.1) is 0 Å². The van der Waals surface area contributed by atoms with Crippen molar-refractivity contribution in [3.8, 4) is 0 Å². The first kappa shape index (κ1) is 14.8. The Kier molecular flexibility index (Phi) is 4.61. The molecule has 3 heteroatoms. The third-order valence-electron chi connectivity index (χ3n) is 3.90. The highest BCUT2D eigenvalue weighted by Gasteiger charge is 2.13. The summed E-state index contributed by atoms with van der Waals surface area (Å²) in [5, 5.41) is 15.0. The molecule has 0 aliphatic rings. The molecular formula is C17H24N2O. The quantitative estimate of drug-likeness (QED) is 0.906. The van der Waals surface area contributed by atoms with Gasteiger partial charge in [-0.05, 0) is 49.4 Å². The summed E-state index contributed by atoms with van der Waals surface area (Å²) in [6.07, 6.45) is 1.36. The van der Waals surface area contributed by atoms with Gasteiger partial charge in [-0.2, -0.15) is 5.10 Å². The van der Waals surface area contributed by atoms with Gasteiger partial charge in [0.25, 0.3) is 0 Å². The second kappa shape index (κ2) is 6.23. The van der Waals surface area contributed by atoms with Crippen molar-refractivity contribution in [2.24, 2.45) is 0 Å². The summed E-state index contributed by atoms with van der Waals surface area (Å²) >= 11 is 0. The van der Waals surface area contributed by atoms with Crippen molar-refractivity contribution in [1.29, 1.82) is 0 Å². The molecule has 20 heavy (non-hydrogen) atoms. The number of hydrogen-bond donors (Lipinski definition) is 1. The van der Waals surface area contributed by atoms with Gasteiger partial charge in [-0.1, -0.05) is 32.0 Å². The molecular weight excluding hydrogens is 248 g/mol. The van der Waals surface area contributed by atoms with E-state index in [2.05, 4.69) is 51.0 Å². The van der Waals surface area contributed by atoms with Gasteiger partial charge in [0.2, 0.25) is 0 Å². The molecule has 0 saturated carbocycles. The maximum atomic E-state index is 10.4. The van der Waals surface area contributed by atoms with Crippen LogP contribution in [0.1, 0.15) is 48.0 Å².